The number of carboxylic acid groups (broad SMARTS) is 1. The fourth-order valence-electron chi connectivity index (χ4n) is 3.61. The molecule has 2 atom stereocenters. The third-order valence-electron chi connectivity index (χ3n) is 5.26. The number of amides is 1. The number of benzene rings is 1. The highest BCUT2D eigenvalue weighted by atomic mass is 19.4. The summed E-state index contributed by atoms with van der Waals surface area (Å²) in [5.74, 6) is -1.18. The molecule has 0 aliphatic carbocycles. The van der Waals surface area contributed by atoms with Gasteiger partial charge in [0.05, 0.1) is 17.5 Å². The molecule has 0 saturated carbocycles. The highest BCUT2D eigenvalue weighted by Gasteiger charge is 2.41. The van der Waals surface area contributed by atoms with E-state index in [4.69, 9.17) is 0 Å². The van der Waals surface area contributed by atoms with Gasteiger partial charge in [0.2, 0.25) is 0 Å². The number of nitrogens with zero attached hydrogens (tertiary/aromatic N) is 2. The van der Waals surface area contributed by atoms with Crippen molar-refractivity contribution in [1.29, 1.82) is 0 Å². The minimum absolute atomic E-state index is 0.130. The summed E-state index contributed by atoms with van der Waals surface area (Å²) in [5, 5.41) is 12.7. The number of hydrogen-bond acceptors (Lipinski definition) is 5. The Balaban J connectivity index is 2.32. The molecule has 0 spiro atoms. The average molecular weight is 535 g/mol. The second-order valence-electron chi connectivity index (χ2n) is 9.20. The van der Waals surface area contributed by atoms with E-state index in [1.165, 1.54) is 39.0 Å². The van der Waals surface area contributed by atoms with Crippen molar-refractivity contribution >= 4 is 11.9 Å². The van der Waals surface area contributed by atoms with Gasteiger partial charge in [0.25, 0.3) is 0 Å². The standard InChI is InChI=1S/C24H27F6N3O4/c1-14(18-10-9-15(11-32-18)37-13-23(25,26)27)31-12-19(33(21(35)36)22(2,3)4)20(34)16-7-5-6-8-17(16)24(28,29)30/h5-11,14,19,31H,12-13H2,1-4H3,(H,35,36)/t14-,19?/m1/s1. The van der Waals surface area contributed by atoms with E-state index in [1.807, 2.05) is 0 Å². The third kappa shape index (κ3) is 8.34. The van der Waals surface area contributed by atoms with E-state index in [-0.39, 0.29) is 12.3 Å². The normalized spacial score (nSPS) is 14.1. The van der Waals surface area contributed by atoms with Gasteiger partial charge in [-0.3, -0.25) is 14.7 Å². The van der Waals surface area contributed by atoms with Gasteiger partial charge in [-0.2, -0.15) is 26.3 Å². The zero-order valence-corrected chi connectivity index (χ0v) is 20.4. The summed E-state index contributed by atoms with van der Waals surface area (Å²) in [5.41, 5.74) is -2.69. The Bertz CT molecular complexity index is 1080. The predicted molar refractivity (Wildman–Crippen MR) is 121 cm³/mol. The minimum Gasteiger partial charge on any atom is -0.483 e. The van der Waals surface area contributed by atoms with Crippen LogP contribution in [0.5, 0.6) is 5.75 Å². The molecule has 0 radical (unpaired) electrons. The van der Waals surface area contributed by atoms with Crippen molar-refractivity contribution in [3.05, 3.63) is 59.4 Å². The zero-order chi connectivity index (χ0) is 28.2. The molecule has 0 bridgehead atoms. The Labute approximate surface area is 209 Å². The largest absolute Gasteiger partial charge is 0.483 e. The number of rotatable bonds is 9. The number of aromatic nitrogens is 1. The number of hydrogen-bond donors (Lipinski definition) is 2. The molecule has 1 aromatic heterocycles. The van der Waals surface area contributed by atoms with Crippen LogP contribution in [0, 0.1) is 0 Å². The molecule has 1 aromatic carbocycles. The quantitative estimate of drug-likeness (QED) is 0.315. The maximum Gasteiger partial charge on any atom is 0.422 e. The lowest BCUT2D eigenvalue weighted by Gasteiger charge is -2.39. The number of ether oxygens (including phenoxy) is 1. The Morgan fingerprint density at radius 2 is 1.68 bits per heavy atom. The molecular weight excluding hydrogens is 508 g/mol. The third-order valence-corrected chi connectivity index (χ3v) is 5.26. The molecule has 1 heterocycles. The SMILES string of the molecule is C[C@@H](NCC(C(=O)c1ccccc1C(F)(F)F)N(C(=O)O)C(C)(C)C)c1ccc(OCC(F)(F)F)cn1. The van der Waals surface area contributed by atoms with Crippen LogP contribution in [0.4, 0.5) is 31.1 Å². The van der Waals surface area contributed by atoms with Gasteiger partial charge in [-0.25, -0.2) is 4.79 Å². The van der Waals surface area contributed by atoms with Gasteiger partial charge in [0, 0.05) is 23.7 Å². The molecule has 0 aliphatic rings. The van der Waals surface area contributed by atoms with Crippen molar-refractivity contribution in [3.8, 4) is 5.75 Å². The fraction of sp³-hybridized carbons (Fsp3) is 0.458. The van der Waals surface area contributed by atoms with Crippen LogP contribution in [0.1, 0.15) is 55.4 Å². The first kappa shape index (κ1) is 29.9. The summed E-state index contributed by atoms with van der Waals surface area (Å²) in [6.07, 6.45) is -9.80. The molecule has 0 saturated heterocycles. The average Bonchev–Trinajstić information content (AvgIpc) is 2.77. The second-order valence-corrected chi connectivity index (χ2v) is 9.20. The number of Topliss-reactive ketones (excluding diaryl/α,β-unsaturated/α-hetero) is 1. The van der Waals surface area contributed by atoms with Crippen molar-refractivity contribution in [2.75, 3.05) is 13.2 Å². The molecule has 7 nitrogen and oxygen atoms in total. The predicted octanol–water partition coefficient (Wildman–Crippen LogP) is 5.72. The highest BCUT2D eigenvalue weighted by molar-refractivity contribution is 6.03. The summed E-state index contributed by atoms with van der Waals surface area (Å²) in [6.45, 7) is 4.23. The van der Waals surface area contributed by atoms with Gasteiger partial charge in [0.1, 0.15) is 11.8 Å². The van der Waals surface area contributed by atoms with Crippen LogP contribution in [0.2, 0.25) is 0 Å². The Hall–Kier alpha value is -3.35. The van der Waals surface area contributed by atoms with E-state index in [2.05, 4.69) is 15.0 Å². The maximum absolute atomic E-state index is 13.6. The van der Waals surface area contributed by atoms with Crippen molar-refractivity contribution < 1.29 is 45.8 Å². The van der Waals surface area contributed by atoms with E-state index in [0.29, 0.717) is 5.69 Å². The number of halogens is 6. The summed E-state index contributed by atoms with van der Waals surface area (Å²) in [7, 11) is 0. The second kappa shape index (κ2) is 11.4. The van der Waals surface area contributed by atoms with Crippen LogP contribution in [0.15, 0.2) is 42.6 Å². The van der Waals surface area contributed by atoms with Crippen molar-refractivity contribution in [1.82, 2.24) is 15.2 Å². The highest BCUT2D eigenvalue weighted by Crippen LogP contribution is 2.33. The molecule has 0 aliphatic heterocycles. The summed E-state index contributed by atoms with van der Waals surface area (Å²) < 4.78 is 82.3. The lowest BCUT2D eigenvalue weighted by molar-refractivity contribution is -0.153. The van der Waals surface area contributed by atoms with Gasteiger partial charge >= 0.3 is 18.4 Å². The number of alkyl halides is 6. The van der Waals surface area contributed by atoms with Crippen LogP contribution < -0.4 is 10.1 Å². The molecule has 2 rings (SSSR count). The van der Waals surface area contributed by atoms with E-state index in [1.54, 1.807) is 6.92 Å². The van der Waals surface area contributed by atoms with Crippen molar-refractivity contribution in [2.45, 2.75) is 57.7 Å². The number of pyridine rings is 1. The molecule has 37 heavy (non-hydrogen) atoms. The van der Waals surface area contributed by atoms with Gasteiger partial charge in [0.15, 0.2) is 12.4 Å². The maximum atomic E-state index is 13.6. The Kier molecular flexibility index (Phi) is 9.18. The van der Waals surface area contributed by atoms with Gasteiger partial charge < -0.3 is 15.2 Å². The summed E-state index contributed by atoms with van der Waals surface area (Å²) in [4.78, 5) is 30.3. The Morgan fingerprint density at radius 3 is 2.16 bits per heavy atom. The van der Waals surface area contributed by atoms with Crippen LogP contribution in [0.3, 0.4) is 0 Å². The fourth-order valence-corrected chi connectivity index (χ4v) is 3.61. The molecule has 13 heteroatoms. The first-order valence-electron chi connectivity index (χ1n) is 11.0. The molecular formula is C24H27F6N3O4. The summed E-state index contributed by atoms with van der Waals surface area (Å²) >= 11 is 0. The van der Waals surface area contributed by atoms with Gasteiger partial charge in [-0.1, -0.05) is 18.2 Å². The first-order chi connectivity index (χ1) is 16.9. The summed E-state index contributed by atoms with van der Waals surface area (Å²) in [6, 6.07) is 4.55. The number of ketones is 1. The molecule has 204 valence electrons. The Morgan fingerprint density at radius 1 is 1.05 bits per heavy atom. The topological polar surface area (TPSA) is 91.8 Å². The van der Waals surface area contributed by atoms with Gasteiger partial charge in [-0.15, -0.1) is 0 Å². The van der Waals surface area contributed by atoms with E-state index >= 15 is 0 Å². The minimum atomic E-state index is -4.84. The first-order valence-corrected chi connectivity index (χ1v) is 11.0. The van der Waals surface area contributed by atoms with Crippen LogP contribution >= 0.6 is 0 Å². The van der Waals surface area contributed by atoms with Crippen LogP contribution in [-0.2, 0) is 6.18 Å². The lowest BCUT2D eigenvalue weighted by Crippen LogP contribution is -2.57. The smallest absolute Gasteiger partial charge is 0.422 e. The molecule has 1 unspecified atom stereocenters. The van der Waals surface area contributed by atoms with Gasteiger partial charge in [-0.05, 0) is 45.9 Å². The van der Waals surface area contributed by atoms with Crippen molar-refractivity contribution in [3.63, 3.8) is 0 Å². The number of carbonyl (C=O) groups is 2. The molecule has 2 N–H and O–H groups in total. The zero-order valence-electron chi connectivity index (χ0n) is 20.4. The number of carbonyl (C=O) groups excluding carboxylic acids is 1. The lowest BCUT2D eigenvalue weighted by atomic mass is 9.94. The van der Waals surface area contributed by atoms with E-state index in [0.717, 1.165) is 29.3 Å². The van der Waals surface area contributed by atoms with E-state index in [9.17, 15) is 41.0 Å². The van der Waals surface area contributed by atoms with Crippen LogP contribution in [0.25, 0.3) is 0 Å². The molecule has 0 fully saturated rings. The monoisotopic (exact) mass is 535 g/mol. The molecule has 1 amide bonds. The van der Waals surface area contributed by atoms with Crippen molar-refractivity contribution in [2.24, 2.45) is 0 Å². The van der Waals surface area contributed by atoms with Crippen LogP contribution in [-0.4, -0.2) is 57.8 Å². The number of nitrogens with one attached hydrogen (secondary N) is 1. The van der Waals surface area contributed by atoms with E-state index < -0.39 is 59.6 Å². The molecule has 2 aromatic rings.